The molecule has 3 heteroatoms. The smallest absolute Gasteiger partial charge is 0.0825 e. The van der Waals surface area contributed by atoms with Crippen molar-refractivity contribution in [2.75, 3.05) is 13.7 Å². The van der Waals surface area contributed by atoms with Crippen molar-refractivity contribution in [2.24, 2.45) is 10.8 Å². The summed E-state index contributed by atoms with van der Waals surface area (Å²) in [5.74, 6) is 0. The van der Waals surface area contributed by atoms with E-state index in [0.717, 1.165) is 0 Å². The average molecular weight is 87.1 g/mol. The Bertz CT molecular complexity index is 43.3. The van der Waals surface area contributed by atoms with Gasteiger partial charge in [0.25, 0.3) is 0 Å². The largest absolute Gasteiger partial charge is 0.313 e. The third kappa shape index (κ3) is 1.72. The van der Waals surface area contributed by atoms with Gasteiger partial charge in [0, 0.05) is 13.8 Å². The minimum absolute atomic E-state index is 0.434. The highest BCUT2D eigenvalue weighted by Crippen LogP contribution is 1.68. The molecule has 0 rings (SSSR count). The van der Waals surface area contributed by atoms with E-state index < -0.39 is 0 Å². The van der Waals surface area contributed by atoms with Gasteiger partial charge in [-0.25, -0.2) is 0 Å². The van der Waals surface area contributed by atoms with Crippen LogP contribution < -0.4 is 5.73 Å². The van der Waals surface area contributed by atoms with Crippen LogP contribution in [0, 0.1) is 0 Å². The topological polar surface area (TPSA) is 41.6 Å². The Morgan fingerprint density at radius 1 is 2.00 bits per heavy atom. The summed E-state index contributed by atoms with van der Waals surface area (Å²) in [7, 11) is 1.76. The average Bonchev–Trinajstić information content (AvgIpc) is 1.65. The van der Waals surface area contributed by atoms with Crippen molar-refractivity contribution in [1.29, 1.82) is 0 Å². The summed E-state index contributed by atoms with van der Waals surface area (Å²) in [6.07, 6.45) is 0. The lowest BCUT2D eigenvalue weighted by atomic mass is 11.0. The van der Waals surface area contributed by atoms with E-state index in [1.54, 1.807) is 12.1 Å². The Labute approximate surface area is 37.4 Å². The predicted molar refractivity (Wildman–Crippen MR) is 26.4 cm³/mol. The fourth-order valence-electron chi connectivity index (χ4n) is 0.0577. The number of hydrogen-bond acceptors (Lipinski definition) is 3. The highest BCUT2D eigenvalue weighted by atomic mass is 15.4. The Kier molecular flexibility index (Phi) is 2.40. The highest BCUT2D eigenvalue weighted by molar-refractivity contribution is 5.22. The molecule has 6 heavy (non-hydrogen) atoms. The van der Waals surface area contributed by atoms with Crippen molar-refractivity contribution in [3.8, 4) is 0 Å². The quantitative estimate of drug-likeness (QED) is 0.279. The molecule has 0 atom stereocenters. The molecule has 0 aromatic rings. The molecule has 0 fully saturated rings. The van der Waals surface area contributed by atoms with E-state index in [4.69, 9.17) is 5.73 Å². The molecule has 0 bridgehead atoms. The molecule has 0 saturated carbocycles. The van der Waals surface area contributed by atoms with Crippen molar-refractivity contribution < 1.29 is 0 Å². The van der Waals surface area contributed by atoms with Gasteiger partial charge >= 0.3 is 0 Å². The Hall–Kier alpha value is -0.570. The van der Waals surface area contributed by atoms with Gasteiger partial charge in [0.2, 0.25) is 0 Å². The van der Waals surface area contributed by atoms with Gasteiger partial charge in [-0.2, -0.15) is 5.10 Å². The maximum atomic E-state index is 5.07. The molecule has 0 saturated heterocycles. The summed E-state index contributed by atoms with van der Waals surface area (Å²) < 4.78 is 0. The molecule has 0 aromatic carbocycles. The zero-order valence-corrected chi connectivity index (χ0v) is 3.89. The SMILES string of the molecule is C=NN(C)CN. The molecule has 0 radical (unpaired) electrons. The van der Waals surface area contributed by atoms with E-state index in [1.165, 1.54) is 0 Å². The summed E-state index contributed by atoms with van der Waals surface area (Å²) in [6.45, 7) is 3.66. The van der Waals surface area contributed by atoms with E-state index in [2.05, 4.69) is 11.8 Å². The molecule has 0 amide bonds. The number of nitrogens with zero attached hydrogens (tertiary/aromatic N) is 2. The maximum absolute atomic E-state index is 5.07. The van der Waals surface area contributed by atoms with Crippen LogP contribution >= 0.6 is 0 Å². The van der Waals surface area contributed by atoms with Gasteiger partial charge in [-0.1, -0.05) is 0 Å². The molecular weight excluding hydrogens is 78.1 g/mol. The lowest BCUT2D eigenvalue weighted by Crippen LogP contribution is -2.19. The summed E-state index contributed by atoms with van der Waals surface area (Å²) in [4.78, 5) is 0. The Morgan fingerprint density at radius 3 is 2.50 bits per heavy atom. The monoisotopic (exact) mass is 87.1 g/mol. The zero-order valence-electron chi connectivity index (χ0n) is 3.89. The third-order valence-electron chi connectivity index (χ3n) is 0.506. The van der Waals surface area contributed by atoms with E-state index in [-0.39, 0.29) is 0 Å². The van der Waals surface area contributed by atoms with Crippen molar-refractivity contribution in [2.45, 2.75) is 0 Å². The van der Waals surface area contributed by atoms with E-state index in [0.29, 0.717) is 6.67 Å². The molecule has 0 aliphatic rings. The first-order valence-electron chi connectivity index (χ1n) is 1.69. The summed E-state index contributed by atoms with van der Waals surface area (Å²) in [5.41, 5.74) is 5.07. The Morgan fingerprint density at radius 2 is 2.50 bits per heavy atom. The first-order chi connectivity index (χ1) is 2.81. The van der Waals surface area contributed by atoms with Crippen LogP contribution in [0.25, 0.3) is 0 Å². The van der Waals surface area contributed by atoms with Crippen LogP contribution in [0.2, 0.25) is 0 Å². The lowest BCUT2D eigenvalue weighted by Gasteiger charge is -2.04. The molecule has 36 valence electrons. The number of hydrazone groups is 1. The molecule has 0 aliphatic carbocycles. The standard InChI is InChI=1S/C3H9N3/c1-5-6(2)3-4/h1,3-4H2,2H3. The lowest BCUT2D eigenvalue weighted by molar-refractivity contribution is 0.369. The van der Waals surface area contributed by atoms with Crippen LogP contribution in [0.4, 0.5) is 0 Å². The normalized spacial score (nSPS) is 7.67. The van der Waals surface area contributed by atoms with Gasteiger partial charge in [0.05, 0.1) is 6.67 Å². The van der Waals surface area contributed by atoms with Crippen LogP contribution in [0.15, 0.2) is 5.10 Å². The minimum Gasteiger partial charge on any atom is -0.313 e. The van der Waals surface area contributed by atoms with E-state index in [9.17, 15) is 0 Å². The first-order valence-corrected chi connectivity index (χ1v) is 1.69. The Balaban J connectivity index is 2.96. The molecule has 0 heterocycles. The number of hydrogen-bond donors (Lipinski definition) is 1. The van der Waals surface area contributed by atoms with Crippen LogP contribution in [-0.2, 0) is 0 Å². The fourth-order valence-corrected chi connectivity index (χ4v) is 0.0577. The predicted octanol–water partition coefficient (Wildman–Crippen LogP) is -0.550. The van der Waals surface area contributed by atoms with Crippen molar-refractivity contribution in [3.05, 3.63) is 0 Å². The second-order valence-electron chi connectivity index (χ2n) is 0.982. The molecule has 3 nitrogen and oxygen atoms in total. The molecule has 0 aromatic heterocycles. The van der Waals surface area contributed by atoms with Crippen molar-refractivity contribution >= 4 is 6.72 Å². The second kappa shape index (κ2) is 2.66. The molecular formula is C3H9N3. The zero-order chi connectivity index (χ0) is 4.99. The summed E-state index contributed by atoms with van der Waals surface area (Å²) in [5, 5.41) is 5.01. The number of rotatable bonds is 2. The summed E-state index contributed by atoms with van der Waals surface area (Å²) in [6, 6.07) is 0. The second-order valence-corrected chi connectivity index (χ2v) is 0.982. The highest BCUT2D eigenvalue weighted by Gasteiger charge is 1.75. The first kappa shape index (κ1) is 5.43. The van der Waals surface area contributed by atoms with Crippen molar-refractivity contribution in [3.63, 3.8) is 0 Å². The van der Waals surface area contributed by atoms with Gasteiger partial charge < -0.3 is 5.73 Å². The third-order valence-corrected chi connectivity index (χ3v) is 0.506. The molecule has 0 aliphatic heterocycles. The van der Waals surface area contributed by atoms with E-state index >= 15 is 0 Å². The van der Waals surface area contributed by atoms with Gasteiger partial charge in [0.1, 0.15) is 0 Å². The van der Waals surface area contributed by atoms with Crippen LogP contribution in [-0.4, -0.2) is 25.4 Å². The molecule has 0 spiro atoms. The maximum Gasteiger partial charge on any atom is 0.0825 e. The van der Waals surface area contributed by atoms with E-state index in [1.807, 2.05) is 0 Å². The molecule has 0 unspecified atom stereocenters. The molecule has 2 N–H and O–H groups in total. The minimum atomic E-state index is 0.434. The van der Waals surface area contributed by atoms with Gasteiger partial charge in [-0.15, -0.1) is 0 Å². The number of nitrogens with two attached hydrogens (primary N) is 1. The van der Waals surface area contributed by atoms with Crippen molar-refractivity contribution in [1.82, 2.24) is 5.01 Å². The van der Waals surface area contributed by atoms with Crippen LogP contribution in [0.3, 0.4) is 0 Å². The van der Waals surface area contributed by atoms with Crippen LogP contribution in [0.1, 0.15) is 0 Å². The van der Waals surface area contributed by atoms with Crippen LogP contribution in [0.5, 0.6) is 0 Å². The van der Waals surface area contributed by atoms with Gasteiger partial charge in [0.15, 0.2) is 0 Å². The summed E-state index contributed by atoms with van der Waals surface area (Å²) >= 11 is 0. The van der Waals surface area contributed by atoms with Gasteiger partial charge in [-0.05, 0) is 0 Å². The fraction of sp³-hybridized carbons (Fsp3) is 0.667. The van der Waals surface area contributed by atoms with Gasteiger partial charge in [-0.3, -0.25) is 5.01 Å².